The lowest BCUT2D eigenvalue weighted by molar-refractivity contribution is 0.0953. The molecule has 0 atom stereocenters. The van der Waals surface area contributed by atoms with Crippen molar-refractivity contribution in [2.45, 2.75) is 19.8 Å². The van der Waals surface area contributed by atoms with E-state index in [-0.39, 0.29) is 5.91 Å². The van der Waals surface area contributed by atoms with Crippen molar-refractivity contribution in [3.8, 4) is 5.75 Å². The van der Waals surface area contributed by atoms with Crippen LogP contribution in [-0.4, -0.2) is 12.5 Å². The molecule has 4 nitrogen and oxygen atoms in total. The van der Waals surface area contributed by atoms with Crippen molar-refractivity contribution in [1.82, 2.24) is 5.43 Å². The fraction of sp³-hybridized carbons (Fsp3) is 0.364. The van der Waals surface area contributed by atoms with Gasteiger partial charge >= 0.3 is 0 Å². The van der Waals surface area contributed by atoms with Gasteiger partial charge in [-0.2, -0.15) is 0 Å². The summed E-state index contributed by atoms with van der Waals surface area (Å²) in [5.41, 5.74) is 2.60. The number of benzene rings is 1. The Morgan fingerprint density at radius 3 is 2.60 bits per heavy atom. The minimum absolute atomic E-state index is 0.296. The number of nitrogens with one attached hydrogen (secondary N) is 1. The number of unbranched alkanes of at least 4 members (excludes halogenated alkanes) is 1. The average molecular weight is 208 g/mol. The third-order valence-corrected chi connectivity index (χ3v) is 2.01. The molecule has 0 fully saturated rings. The van der Waals surface area contributed by atoms with Crippen LogP contribution in [0.25, 0.3) is 0 Å². The number of nitrogens with two attached hydrogens (primary N) is 1. The van der Waals surface area contributed by atoms with Crippen molar-refractivity contribution in [1.29, 1.82) is 0 Å². The number of hydrazine groups is 1. The predicted molar refractivity (Wildman–Crippen MR) is 58.5 cm³/mol. The van der Waals surface area contributed by atoms with Gasteiger partial charge in [0.15, 0.2) is 0 Å². The van der Waals surface area contributed by atoms with Gasteiger partial charge in [0.2, 0.25) is 0 Å². The maximum absolute atomic E-state index is 11.1. The first-order chi connectivity index (χ1) is 7.27. The van der Waals surface area contributed by atoms with Gasteiger partial charge < -0.3 is 4.74 Å². The molecule has 0 aliphatic rings. The van der Waals surface area contributed by atoms with E-state index < -0.39 is 0 Å². The van der Waals surface area contributed by atoms with E-state index in [2.05, 4.69) is 12.3 Å². The molecule has 0 spiro atoms. The highest BCUT2D eigenvalue weighted by molar-refractivity contribution is 5.93. The highest BCUT2D eigenvalue weighted by Gasteiger charge is 2.02. The van der Waals surface area contributed by atoms with E-state index in [1.807, 2.05) is 0 Å². The highest BCUT2D eigenvalue weighted by atomic mass is 16.5. The van der Waals surface area contributed by atoms with Gasteiger partial charge in [0.1, 0.15) is 5.75 Å². The second-order valence-electron chi connectivity index (χ2n) is 3.20. The van der Waals surface area contributed by atoms with Crippen molar-refractivity contribution in [2.24, 2.45) is 5.84 Å². The highest BCUT2D eigenvalue weighted by Crippen LogP contribution is 2.12. The van der Waals surface area contributed by atoms with E-state index in [4.69, 9.17) is 10.6 Å². The number of nitrogen functional groups attached to an aromatic ring is 1. The van der Waals surface area contributed by atoms with Crippen molar-refractivity contribution in [3.05, 3.63) is 29.8 Å². The van der Waals surface area contributed by atoms with E-state index in [9.17, 15) is 4.79 Å². The molecule has 3 N–H and O–H groups in total. The van der Waals surface area contributed by atoms with Crippen LogP contribution in [0.4, 0.5) is 0 Å². The van der Waals surface area contributed by atoms with Crippen molar-refractivity contribution in [2.75, 3.05) is 6.61 Å². The van der Waals surface area contributed by atoms with Crippen LogP contribution in [0.3, 0.4) is 0 Å². The first-order valence-corrected chi connectivity index (χ1v) is 5.01. The average Bonchev–Trinajstić information content (AvgIpc) is 2.29. The molecular formula is C11H16N2O2. The Morgan fingerprint density at radius 1 is 1.40 bits per heavy atom. The molecule has 0 aliphatic carbocycles. The lowest BCUT2D eigenvalue weighted by Crippen LogP contribution is -2.29. The van der Waals surface area contributed by atoms with Gasteiger partial charge in [-0.05, 0) is 30.7 Å². The summed E-state index contributed by atoms with van der Waals surface area (Å²) in [7, 11) is 0. The van der Waals surface area contributed by atoms with Crippen LogP contribution in [0.2, 0.25) is 0 Å². The molecule has 1 amide bonds. The van der Waals surface area contributed by atoms with Gasteiger partial charge in [-0.25, -0.2) is 5.84 Å². The van der Waals surface area contributed by atoms with Gasteiger partial charge in [-0.3, -0.25) is 10.2 Å². The zero-order chi connectivity index (χ0) is 11.1. The molecular weight excluding hydrogens is 192 g/mol. The van der Waals surface area contributed by atoms with Gasteiger partial charge in [0, 0.05) is 5.56 Å². The minimum atomic E-state index is -0.296. The van der Waals surface area contributed by atoms with E-state index in [1.54, 1.807) is 24.3 Å². The molecule has 0 unspecified atom stereocenters. The maximum atomic E-state index is 11.1. The minimum Gasteiger partial charge on any atom is -0.494 e. The zero-order valence-electron chi connectivity index (χ0n) is 8.82. The lowest BCUT2D eigenvalue weighted by atomic mass is 10.2. The van der Waals surface area contributed by atoms with E-state index in [0.717, 1.165) is 18.6 Å². The Labute approximate surface area is 89.4 Å². The van der Waals surface area contributed by atoms with E-state index in [0.29, 0.717) is 12.2 Å². The molecule has 0 saturated heterocycles. The van der Waals surface area contributed by atoms with Crippen molar-refractivity contribution < 1.29 is 9.53 Å². The summed E-state index contributed by atoms with van der Waals surface area (Å²) in [6, 6.07) is 6.90. The Morgan fingerprint density at radius 2 is 2.07 bits per heavy atom. The number of rotatable bonds is 5. The summed E-state index contributed by atoms with van der Waals surface area (Å²) in [4.78, 5) is 11.1. The first kappa shape index (κ1) is 11.5. The van der Waals surface area contributed by atoms with E-state index >= 15 is 0 Å². The topological polar surface area (TPSA) is 64.3 Å². The van der Waals surface area contributed by atoms with Gasteiger partial charge in [-0.1, -0.05) is 13.3 Å². The van der Waals surface area contributed by atoms with Crippen molar-refractivity contribution >= 4 is 5.91 Å². The van der Waals surface area contributed by atoms with Crippen LogP contribution >= 0.6 is 0 Å². The molecule has 0 bridgehead atoms. The lowest BCUT2D eigenvalue weighted by Gasteiger charge is -2.05. The standard InChI is InChI=1S/C11H16N2O2/c1-2-3-8-15-10-6-4-9(5-7-10)11(14)13-12/h4-7H,2-3,8,12H2,1H3,(H,13,14). The van der Waals surface area contributed by atoms with Crippen LogP contribution < -0.4 is 16.0 Å². The van der Waals surface area contributed by atoms with Gasteiger partial charge in [0.05, 0.1) is 6.61 Å². The Kier molecular flexibility index (Phi) is 4.63. The molecule has 1 aromatic rings. The SMILES string of the molecule is CCCCOc1ccc(C(=O)NN)cc1. The summed E-state index contributed by atoms with van der Waals surface area (Å²) in [5.74, 6) is 5.49. The van der Waals surface area contributed by atoms with Gasteiger partial charge in [0.25, 0.3) is 5.91 Å². The molecule has 1 aromatic carbocycles. The van der Waals surface area contributed by atoms with Crippen LogP contribution in [0.1, 0.15) is 30.1 Å². The quantitative estimate of drug-likeness (QED) is 0.333. The normalized spacial score (nSPS) is 9.73. The molecule has 0 saturated carbocycles. The Hall–Kier alpha value is -1.55. The second kappa shape index (κ2) is 6.03. The predicted octanol–water partition coefficient (Wildman–Crippen LogP) is 1.47. The fourth-order valence-corrected chi connectivity index (χ4v) is 1.12. The van der Waals surface area contributed by atoms with Crippen molar-refractivity contribution in [3.63, 3.8) is 0 Å². The Bertz CT molecular complexity index is 309. The molecule has 4 heteroatoms. The summed E-state index contributed by atoms with van der Waals surface area (Å²) in [6.45, 7) is 2.82. The smallest absolute Gasteiger partial charge is 0.265 e. The molecule has 0 aromatic heterocycles. The van der Waals surface area contributed by atoms with E-state index in [1.165, 1.54) is 0 Å². The first-order valence-electron chi connectivity index (χ1n) is 5.01. The molecule has 0 radical (unpaired) electrons. The third kappa shape index (κ3) is 3.59. The van der Waals surface area contributed by atoms with Crippen LogP contribution in [0, 0.1) is 0 Å². The molecule has 0 aliphatic heterocycles. The number of ether oxygens (including phenoxy) is 1. The molecule has 0 heterocycles. The van der Waals surface area contributed by atoms with Crippen LogP contribution in [0.15, 0.2) is 24.3 Å². The molecule has 82 valence electrons. The monoisotopic (exact) mass is 208 g/mol. The summed E-state index contributed by atoms with van der Waals surface area (Å²) >= 11 is 0. The second-order valence-corrected chi connectivity index (χ2v) is 3.20. The number of amides is 1. The Balaban J connectivity index is 2.52. The zero-order valence-corrected chi connectivity index (χ0v) is 8.82. The summed E-state index contributed by atoms with van der Waals surface area (Å²) in [5, 5.41) is 0. The summed E-state index contributed by atoms with van der Waals surface area (Å²) < 4.78 is 5.45. The largest absolute Gasteiger partial charge is 0.494 e. The third-order valence-electron chi connectivity index (χ3n) is 2.01. The van der Waals surface area contributed by atoms with Gasteiger partial charge in [-0.15, -0.1) is 0 Å². The number of carbonyl (C=O) groups excluding carboxylic acids is 1. The maximum Gasteiger partial charge on any atom is 0.265 e. The van der Waals surface area contributed by atoms with Crippen LogP contribution in [-0.2, 0) is 0 Å². The molecule has 15 heavy (non-hydrogen) atoms. The fourth-order valence-electron chi connectivity index (χ4n) is 1.12. The summed E-state index contributed by atoms with van der Waals surface area (Å²) in [6.07, 6.45) is 2.14. The number of hydrogen-bond donors (Lipinski definition) is 2. The number of hydrogen-bond acceptors (Lipinski definition) is 3. The number of carbonyl (C=O) groups is 1. The molecule has 1 rings (SSSR count). The van der Waals surface area contributed by atoms with Crippen LogP contribution in [0.5, 0.6) is 5.75 Å².